The minimum atomic E-state index is -1.53. The summed E-state index contributed by atoms with van der Waals surface area (Å²) in [5, 5.41) is 82.6. The van der Waals surface area contributed by atoms with Gasteiger partial charge in [-0.15, -0.1) is 0 Å². The van der Waals surface area contributed by atoms with E-state index in [9.17, 15) is 50.4 Å². The number of carbonyl (C=O) groups is 2. The average Bonchev–Trinajstić information content (AvgIpc) is 3.04. The number of ether oxygens (including phenoxy) is 2. The number of amides is 1. The van der Waals surface area contributed by atoms with Gasteiger partial charge in [-0.3, -0.25) is 9.59 Å². The predicted octanol–water partition coefficient (Wildman–Crippen LogP) is -1.11. The van der Waals surface area contributed by atoms with Crippen molar-refractivity contribution in [2.24, 2.45) is 0 Å². The largest absolute Gasteiger partial charge is 0.394 e. The SMILES string of the molecule is O=C(CCCCCNC(=O)c1cccc([C@H]2O[C@H](CO)[C@@H](O)[C@H](O)[C@@H]2O)c1)c1cccc([C@H]2O[C@H](CO)[C@@H](O)[C@H](O)[C@@H]2O)c1. The molecular weight excluding hydrogens is 578 g/mol. The second-order valence-electron chi connectivity index (χ2n) is 11.2. The molecule has 13 heteroatoms. The molecule has 2 aliphatic heterocycles. The summed E-state index contributed by atoms with van der Waals surface area (Å²) in [5.74, 6) is -0.497. The molecule has 13 nitrogen and oxygen atoms in total. The Balaban J connectivity index is 1.23. The molecule has 0 unspecified atom stereocenters. The minimum absolute atomic E-state index is 0.134. The van der Waals surface area contributed by atoms with Crippen molar-refractivity contribution in [2.75, 3.05) is 19.8 Å². The van der Waals surface area contributed by atoms with Crippen molar-refractivity contribution in [1.82, 2.24) is 5.32 Å². The Kier molecular flexibility index (Phi) is 12.0. The first-order valence-electron chi connectivity index (χ1n) is 14.7. The van der Waals surface area contributed by atoms with Gasteiger partial charge in [-0.1, -0.05) is 36.8 Å². The number of carbonyl (C=O) groups excluding carboxylic acids is 2. The molecule has 2 saturated heterocycles. The average molecular weight is 620 g/mol. The summed E-state index contributed by atoms with van der Waals surface area (Å²) in [6, 6.07) is 12.8. The lowest BCUT2D eigenvalue weighted by Crippen LogP contribution is -2.55. The van der Waals surface area contributed by atoms with Crippen LogP contribution >= 0.6 is 0 Å². The number of ketones is 1. The number of rotatable bonds is 12. The van der Waals surface area contributed by atoms with Gasteiger partial charge in [0.1, 0.15) is 61.0 Å². The van der Waals surface area contributed by atoms with E-state index in [2.05, 4.69) is 5.32 Å². The number of nitrogens with one attached hydrogen (secondary N) is 1. The molecule has 0 bridgehead atoms. The Hall–Kier alpha value is -2.82. The second-order valence-corrected chi connectivity index (χ2v) is 11.2. The highest BCUT2D eigenvalue weighted by atomic mass is 16.6. The van der Waals surface area contributed by atoms with Gasteiger partial charge in [0.25, 0.3) is 5.91 Å². The van der Waals surface area contributed by atoms with Crippen molar-refractivity contribution in [1.29, 1.82) is 0 Å². The summed E-state index contributed by atoms with van der Waals surface area (Å²) >= 11 is 0. The summed E-state index contributed by atoms with van der Waals surface area (Å²) in [6.07, 6.45) is -11.0. The number of aliphatic hydroxyl groups excluding tert-OH is 8. The van der Waals surface area contributed by atoms with Crippen LogP contribution in [0.25, 0.3) is 0 Å². The van der Waals surface area contributed by atoms with Gasteiger partial charge in [0.2, 0.25) is 0 Å². The summed E-state index contributed by atoms with van der Waals surface area (Å²) in [4.78, 5) is 25.5. The van der Waals surface area contributed by atoms with Gasteiger partial charge < -0.3 is 55.6 Å². The third-order valence-electron chi connectivity index (χ3n) is 8.17. The number of hydrogen-bond acceptors (Lipinski definition) is 12. The summed E-state index contributed by atoms with van der Waals surface area (Å²) in [6.45, 7) is -0.749. The fourth-order valence-corrected chi connectivity index (χ4v) is 5.54. The maximum atomic E-state index is 12.8. The molecule has 44 heavy (non-hydrogen) atoms. The Morgan fingerprint density at radius 3 is 1.66 bits per heavy atom. The van der Waals surface area contributed by atoms with Crippen LogP contribution in [-0.2, 0) is 9.47 Å². The van der Waals surface area contributed by atoms with E-state index in [4.69, 9.17) is 9.47 Å². The smallest absolute Gasteiger partial charge is 0.251 e. The molecule has 0 aliphatic carbocycles. The van der Waals surface area contributed by atoms with Crippen LogP contribution in [0, 0.1) is 0 Å². The van der Waals surface area contributed by atoms with E-state index in [1.165, 1.54) is 6.07 Å². The molecule has 1 amide bonds. The molecule has 242 valence electrons. The van der Waals surface area contributed by atoms with Gasteiger partial charge in [0, 0.05) is 24.1 Å². The van der Waals surface area contributed by atoms with Crippen LogP contribution in [0.3, 0.4) is 0 Å². The summed E-state index contributed by atoms with van der Waals surface area (Å²) in [7, 11) is 0. The molecule has 10 atom stereocenters. The lowest BCUT2D eigenvalue weighted by molar-refractivity contribution is -0.231. The molecule has 2 heterocycles. The van der Waals surface area contributed by atoms with E-state index in [1.54, 1.807) is 42.5 Å². The normalized spacial score (nSPS) is 32.3. The Bertz CT molecular complexity index is 1160. The maximum absolute atomic E-state index is 12.8. The zero-order chi connectivity index (χ0) is 32.0. The number of aliphatic hydroxyl groups is 8. The Morgan fingerprint density at radius 2 is 1.14 bits per heavy atom. The fraction of sp³-hybridized carbons (Fsp3) is 0.548. The standard InChI is InChI=1S/C31H41NO12/c33-14-21-23(36)25(38)27(40)29(43-21)17-7-4-6-16(12-17)20(35)10-2-1-3-11-32-31(42)19-9-5-8-18(13-19)30-28(41)26(39)24(37)22(15-34)44-30/h4-9,12-13,21-30,33-34,36-41H,1-3,10-11,14-15H2,(H,32,42)/t21-,22-,23-,24-,25+,26+,27+,28+,29-,30-/m1/s1. The fourth-order valence-electron chi connectivity index (χ4n) is 5.54. The van der Waals surface area contributed by atoms with Crippen molar-refractivity contribution in [2.45, 2.75) is 86.7 Å². The first-order valence-corrected chi connectivity index (χ1v) is 14.7. The topological polar surface area (TPSA) is 226 Å². The highest BCUT2D eigenvalue weighted by Gasteiger charge is 2.45. The molecule has 0 radical (unpaired) electrons. The highest BCUT2D eigenvalue weighted by molar-refractivity contribution is 5.96. The zero-order valence-electron chi connectivity index (χ0n) is 24.1. The van der Waals surface area contributed by atoms with E-state index in [0.29, 0.717) is 48.1 Å². The van der Waals surface area contributed by atoms with Crippen LogP contribution in [-0.4, -0.2) is 121 Å². The van der Waals surface area contributed by atoms with Crippen molar-refractivity contribution in [3.8, 4) is 0 Å². The number of hydrogen-bond donors (Lipinski definition) is 9. The third kappa shape index (κ3) is 7.69. The van der Waals surface area contributed by atoms with Gasteiger partial charge in [-0.2, -0.15) is 0 Å². The molecule has 2 aliphatic rings. The molecule has 2 aromatic carbocycles. The Morgan fingerprint density at radius 1 is 0.636 bits per heavy atom. The van der Waals surface area contributed by atoms with Crippen LogP contribution in [0.2, 0.25) is 0 Å². The van der Waals surface area contributed by atoms with Crippen molar-refractivity contribution in [3.63, 3.8) is 0 Å². The van der Waals surface area contributed by atoms with Crippen LogP contribution in [0.15, 0.2) is 48.5 Å². The molecule has 0 aromatic heterocycles. The molecular formula is C31H41NO12. The molecule has 0 saturated carbocycles. The van der Waals surface area contributed by atoms with Crippen molar-refractivity contribution >= 4 is 11.7 Å². The molecule has 2 aromatic rings. The lowest BCUT2D eigenvalue weighted by Gasteiger charge is -2.40. The summed E-state index contributed by atoms with van der Waals surface area (Å²) < 4.78 is 11.2. The van der Waals surface area contributed by atoms with Gasteiger partial charge in [-0.25, -0.2) is 0 Å². The van der Waals surface area contributed by atoms with Gasteiger partial charge >= 0.3 is 0 Å². The van der Waals surface area contributed by atoms with Crippen LogP contribution in [0.5, 0.6) is 0 Å². The zero-order valence-corrected chi connectivity index (χ0v) is 24.1. The van der Waals surface area contributed by atoms with Gasteiger partial charge in [0.05, 0.1) is 13.2 Å². The van der Waals surface area contributed by atoms with E-state index in [1.807, 2.05) is 0 Å². The quantitative estimate of drug-likeness (QED) is 0.102. The minimum Gasteiger partial charge on any atom is -0.394 e. The van der Waals surface area contributed by atoms with Crippen molar-refractivity contribution < 1.29 is 59.9 Å². The van der Waals surface area contributed by atoms with Crippen LogP contribution in [0.4, 0.5) is 0 Å². The first kappa shape index (κ1) is 34.1. The van der Waals surface area contributed by atoms with E-state index >= 15 is 0 Å². The van der Waals surface area contributed by atoms with Gasteiger partial charge in [-0.05, 0) is 42.2 Å². The molecule has 4 rings (SSSR count). The molecule has 0 spiro atoms. The monoisotopic (exact) mass is 619 g/mol. The lowest BCUT2D eigenvalue weighted by atomic mass is 9.90. The maximum Gasteiger partial charge on any atom is 0.251 e. The van der Waals surface area contributed by atoms with Crippen LogP contribution < -0.4 is 5.32 Å². The molecule has 2 fully saturated rings. The second kappa shape index (κ2) is 15.5. The third-order valence-corrected chi connectivity index (χ3v) is 8.17. The van der Waals surface area contributed by atoms with Crippen LogP contribution in [0.1, 0.15) is 69.7 Å². The number of Topliss-reactive ketones (excluding diaryl/α,β-unsaturated/α-hetero) is 1. The van der Waals surface area contributed by atoms with E-state index < -0.39 is 74.3 Å². The Labute approximate surface area is 254 Å². The highest BCUT2D eigenvalue weighted by Crippen LogP contribution is 2.34. The number of unbranched alkanes of at least 4 members (excludes halogenated alkanes) is 2. The predicted molar refractivity (Wildman–Crippen MR) is 153 cm³/mol. The van der Waals surface area contributed by atoms with Crippen molar-refractivity contribution in [3.05, 3.63) is 70.8 Å². The summed E-state index contributed by atoms with van der Waals surface area (Å²) in [5.41, 5.74) is 1.54. The number of benzene rings is 2. The van der Waals surface area contributed by atoms with Gasteiger partial charge in [0.15, 0.2) is 5.78 Å². The molecule has 9 N–H and O–H groups in total. The van der Waals surface area contributed by atoms with E-state index in [0.717, 1.165) is 0 Å². The first-order chi connectivity index (χ1) is 21.1. The van der Waals surface area contributed by atoms with E-state index in [-0.39, 0.29) is 18.1 Å².